The molecule has 0 amide bonds. The van der Waals surface area contributed by atoms with Gasteiger partial charge in [0.15, 0.2) is 0 Å². The molecule has 0 fully saturated rings. The Morgan fingerprint density at radius 3 is 2.67 bits per heavy atom. The molecule has 0 aliphatic heterocycles. The highest BCUT2D eigenvalue weighted by molar-refractivity contribution is 5.07. The SMILES string of the molecule is CC(C)CNCC(C)(C)Cc1ccoc1. The maximum atomic E-state index is 5.08. The summed E-state index contributed by atoms with van der Waals surface area (Å²) in [5, 5.41) is 3.51. The first-order chi connectivity index (χ1) is 6.99. The van der Waals surface area contributed by atoms with Crippen LogP contribution in [0.3, 0.4) is 0 Å². The molecular formula is C13H23NO. The standard InChI is InChI=1S/C13H23NO/c1-11(2)8-14-10-13(3,4)7-12-5-6-15-9-12/h5-6,9,11,14H,7-8,10H2,1-4H3. The van der Waals surface area contributed by atoms with Crippen LogP contribution in [0.4, 0.5) is 0 Å². The zero-order chi connectivity index (χ0) is 11.3. The summed E-state index contributed by atoms with van der Waals surface area (Å²) in [7, 11) is 0. The van der Waals surface area contributed by atoms with E-state index in [1.54, 1.807) is 6.26 Å². The number of rotatable bonds is 6. The lowest BCUT2D eigenvalue weighted by atomic mass is 9.86. The van der Waals surface area contributed by atoms with Crippen molar-refractivity contribution in [2.24, 2.45) is 11.3 Å². The molecule has 0 aliphatic rings. The average Bonchev–Trinajstić information content (AvgIpc) is 2.54. The van der Waals surface area contributed by atoms with Crippen LogP contribution in [0.5, 0.6) is 0 Å². The molecule has 1 heterocycles. The summed E-state index contributed by atoms with van der Waals surface area (Å²) in [5.74, 6) is 0.717. The molecule has 0 unspecified atom stereocenters. The number of nitrogens with one attached hydrogen (secondary N) is 1. The molecule has 0 atom stereocenters. The molecule has 0 aromatic carbocycles. The Morgan fingerprint density at radius 2 is 2.13 bits per heavy atom. The maximum absolute atomic E-state index is 5.08. The molecule has 0 radical (unpaired) electrons. The minimum Gasteiger partial charge on any atom is -0.472 e. The summed E-state index contributed by atoms with van der Waals surface area (Å²) in [6, 6.07) is 2.05. The third-order valence-corrected chi connectivity index (χ3v) is 2.42. The summed E-state index contributed by atoms with van der Waals surface area (Å²) in [5.41, 5.74) is 1.57. The average molecular weight is 209 g/mol. The first kappa shape index (κ1) is 12.3. The maximum Gasteiger partial charge on any atom is 0.0934 e. The van der Waals surface area contributed by atoms with E-state index in [0.717, 1.165) is 25.4 Å². The van der Waals surface area contributed by atoms with Crippen LogP contribution in [0.25, 0.3) is 0 Å². The lowest BCUT2D eigenvalue weighted by Gasteiger charge is -2.25. The monoisotopic (exact) mass is 209 g/mol. The second-order valence-electron chi connectivity index (χ2n) is 5.50. The Kier molecular flexibility index (Phi) is 4.40. The van der Waals surface area contributed by atoms with Gasteiger partial charge >= 0.3 is 0 Å². The van der Waals surface area contributed by atoms with E-state index in [1.807, 2.05) is 12.3 Å². The first-order valence-electron chi connectivity index (χ1n) is 5.71. The minimum atomic E-state index is 0.290. The lowest BCUT2D eigenvalue weighted by molar-refractivity contribution is 0.329. The van der Waals surface area contributed by atoms with Crippen molar-refractivity contribution < 1.29 is 4.42 Å². The quantitative estimate of drug-likeness (QED) is 0.779. The second kappa shape index (κ2) is 5.36. The molecule has 0 aliphatic carbocycles. The summed E-state index contributed by atoms with van der Waals surface area (Å²) in [6.07, 6.45) is 4.64. The number of hydrogen-bond acceptors (Lipinski definition) is 2. The van der Waals surface area contributed by atoms with Crippen LogP contribution in [0.1, 0.15) is 33.3 Å². The second-order valence-corrected chi connectivity index (χ2v) is 5.50. The van der Waals surface area contributed by atoms with Crippen molar-refractivity contribution in [2.75, 3.05) is 13.1 Å². The fourth-order valence-corrected chi connectivity index (χ4v) is 1.71. The van der Waals surface area contributed by atoms with Crippen LogP contribution < -0.4 is 5.32 Å². The third kappa shape index (κ3) is 5.03. The first-order valence-corrected chi connectivity index (χ1v) is 5.71. The van der Waals surface area contributed by atoms with Crippen LogP contribution in [0, 0.1) is 11.3 Å². The number of furan rings is 1. The zero-order valence-corrected chi connectivity index (χ0v) is 10.3. The van der Waals surface area contributed by atoms with Crippen LogP contribution in [-0.2, 0) is 6.42 Å². The topological polar surface area (TPSA) is 25.2 Å². The third-order valence-electron chi connectivity index (χ3n) is 2.42. The molecule has 1 aromatic rings. The molecule has 0 bridgehead atoms. The normalized spacial score (nSPS) is 12.3. The van der Waals surface area contributed by atoms with E-state index in [-0.39, 0.29) is 0 Å². The van der Waals surface area contributed by atoms with Crippen molar-refractivity contribution in [2.45, 2.75) is 34.1 Å². The Bertz CT molecular complexity index is 262. The van der Waals surface area contributed by atoms with Crippen LogP contribution in [-0.4, -0.2) is 13.1 Å². The molecule has 1 N–H and O–H groups in total. The van der Waals surface area contributed by atoms with Gasteiger partial charge < -0.3 is 9.73 Å². The van der Waals surface area contributed by atoms with Crippen molar-refractivity contribution in [3.8, 4) is 0 Å². The van der Waals surface area contributed by atoms with Gasteiger partial charge in [-0.1, -0.05) is 27.7 Å². The van der Waals surface area contributed by atoms with Gasteiger partial charge in [0.25, 0.3) is 0 Å². The smallest absolute Gasteiger partial charge is 0.0934 e. The van der Waals surface area contributed by atoms with E-state index in [4.69, 9.17) is 4.42 Å². The van der Waals surface area contributed by atoms with E-state index in [9.17, 15) is 0 Å². The molecule has 1 rings (SSSR count). The molecule has 0 saturated carbocycles. The summed E-state index contributed by atoms with van der Waals surface area (Å²) in [4.78, 5) is 0. The van der Waals surface area contributed by atoms with E-state index in [0.29, 0.717) is 5.41 Å². The summed E-state index contributed by atoms with van der Waals surface area (Å²) >= 11 is 0. The molecule has 15 heavy (non-hydrogen) atoms. The summed E-state index contributed by atoms with van der Waals surface area (Å²) in [6.45, 7) is 11.2. The lowest BCUT2D eigenvalue weighted by Crippen LogP contribution is -2.33. The van der Waals surface area contributed by atoms with Crippen molar-refractivity contribution in [1.82, 2.24) is 5.32 Å². The minimum absolute atomic E-state index is 0.290. The molecule has 1 aromatic heterocycles. The van der Waals surface area contributed by atoms with Gasteiger partial charge in [0, 0.05) is 6.54 Å². The van der Waals surface area contributed by atoms with E-state index in [1.165, 1.54) is 5.56 Å². The number of hydrogen-bond donors (Lipinski definition) is 1. The predicted molar refractivity (Wildman–Crippen MR) is 63.9 cm³/mol. The van der Waals surface area contributed by atoms with Crippen molar-refractivity contribution in [1.29, 1.82) is 0 Å². The fourth-order valence-electron chi connectivity index (χ4n) is 1.71. The largest absolute Gasteiger partial charge is 0.472 e. The van der Waals surface area contributed by atoms with Gasteiger partial charge in [0.05, 0.1) is 12.5 Å². The Labute approximate surface area is 93.1 Å². The predicted octanol–water partition coefficient (Wildman–Crippen LogP) is 3.09. The molecule has 2 nitrogen and oxygen atoms in total. The van der Waals surface area contributed by atoms with Crippen LogP contribution >= 0.6 is 0 Å². The highest BCUT2D eigenvalue weighted by atomic mass is 16.3. The van der Waals surface area contributed by atoms with Crippen molar-refractivity contribution in [3.63, 3.8) is 0 Å². The molecule has 86 valence electrons. The van der Waals surface area contributed by atoms with Gasteiger partial charge in [-0.25, -0.2) is 0 Å². The van der Waals surface area contributed by atoms with E-state index < -0.39 is 0 Å². The van der Waals surface area contributed by atoms with Crippen LogP contribution in [0.15, 0.2) is 23.0 Å². The van der Waals surface area contributed by atoms with Crippen molar-refractivity contribution >= 4 is 0 Å². The van der Waals surface area contributed by atoms with Gasteiger partial charge in [-0.05, 0) is 35.9 Å². The summed E-state index contributed by atoms with van der Waals surface area (Å²) < 4.78 is 5.08. The van der Waals surface area contributed by atoms with Gasteiger partial charge in [-0.15, -0.1) is 0 Å². The highest BCUT2D eigenvalue weighted by Crippen LogP contribution is 2.21. The Morgan fingerprint density at radius 1 is 1.40 bits per heavy atom. The van der Waals surface area contributed by atoms with Gasteiger partial charge in [0.1, 0.15) is 0 Å². The molecule has 0 saturated heterocycles. The van der Waals surface area contributed by atoms with Crippen molar-refractivity contribution in [3.05, 3.63) is 24.2 Å². The van der Waals surface area contributed by atoms with E-state index in [2.05, 4.69) is 33.0 Å². The molecule has 0 spiro atoms. The molecular weight excluding hydrogens is 186 g/mol. The van der Waals surface area contributed by atoms with Gasteiger partial charge in [-0.3, -0.25) is 0 Å². The molecule has 2 heteroatoms. The van der Waals surface area contributed by atoms with Gasteiger partial charge in [0.2, 0.25) is 0 Å². The highest BCUT2D eigenvalue weighted by Gasteiger charge is 2.18. The van der Waals surface area contributed by atoms with E-state index >= 15 is 0 Å². The fraction of sp³-hybridized carbons (Fsp3) is 0.692. The Hall–Kier alpha value is -0.760. The van der Waals surface area contributed by atoms with Gasteiger partial charge in [-0.2, -0.15) is 0 Å². The zero-order valence-electron chi connectivity index (χ0n) is 10.3. The Balaban J connectivity index is 2.32. The van der Waals surface area contributed by atoms with Crippen LogP contribution in [0.2, 0.25) is 0 Å².